The topological polar surface area (TPSA) is 25.8 Å². The van der Waals surface area contributed by atoms with E-state index < -0.39 is 68.6 Å². The maximum Gasteiger partial charge on any atom is 0.199 e. The van der Waals surface area contributed by atoms with Crippen LogP contribution in [0.5, 0.6) is 0 Å². The summed E-state index contributed by atoms with van der Waals surface area (Å²) in [5.74, 6) is -17.2. The first-order valence-electron chi connectivity index (χ1n) is 5.41. The van der Waals surface area contributed by atoms with Gasteiger partial charge in [-0.2, -0.15) is 0 Å². The van der Waals surface area contributed by atoms with E-state index >= 15 is 0 Å². The molecule has 114 valence electrons. The molecule has 2 nitrogen and oxygen atoms in total. The second-order valence-corrected chi connectivity index (χ2v) is 4.13. The van der Waals surface area contributed by atoms with Crippen LogP contribution >= 0.6 is 0 Å². The van der Waals surface area contributed by atoms with Crippen LogP contribution in [-0.4, -0.2) is 9.97 Å². The highest BCUT2D eigenvalue weighted by molar-refractivity contribution is 5.87. The van der Waals surface area contributed by atoms with Crippen molar-refractivity contribution >= 4 is 22.1 Å². The minimum atomic E-state index is -2.26. The summed E-state index contributed by atoms with van der Waals surface area (Å²) in [6.45, 7) is 0. The van der Waals surface area contributed by atoms with Crippen molar-refractivity contribution in [2.75, 3.05) is 0 Å². The number of rotatable bonds is 0. The quantitative estimate of drug-likeness (QED) is 0.271. The molecule has 0 saturated carbocycles. The van der Waals surface area contributed by atoms with Crippen molar-refractivity contribution in [3.8, 4) is 0 Å². The molecule has 3 aromatic rings. The zero-order chi connectivity index (χ0) is 16.3. The van der Waals surface area contributed by atoms with E-state index in [1.807, 2.05) is 0 Å². The van der Waals surface area contributed by atoms with Crippen LogP contribution in [0.1, 0.15) is 0 Å². The molecule has 0 amide bonds. The van der Waals surface area contributed by atoms with Crippen molar-refractivity contribution in [2.24, 2.45) is 0 Å². The van der Waals surface area contributed by atoms with Gasteiger partial charge in [-0.3, -0.25) is 0 Å². The molecule has 3 rings (SSSR count). The lowest BCUT2D eigenvalue weighted by atomic mass is 10.2. The Morgan fingerprint density at radius 3 is 0.682 bits per heavy atom. The van der Waals surface area contributed by atoms with E-state index in [2.05, 4.69) is 9.97 Å². The fourth-order valence-corrected chi connectivity index (χ4v) is 1.85. The smallest absolute Gasteiger partial charge is 0.199 e. The lowest BCUT2D eigenvalue weighted by Crippen LogP contribution is -2.06. The Bertz CT molecular complexity index is 816. The standard InChI is InChI=1S/C12F8N2/c13-1-2(14)6(18)10-9(5(1)17)21-11-7(19)3(15)4(16)8(20)12(11)22-10. The van der Waals surface area contributed by atoms with Crippen LogP contribution in [0.2, 0.25) is 0 Å². The molecule has 0 radical (unpaired) electrons. The van der Waals surface area contributed by atoms with Gasteiger partial charge in [0.25, 0.3) is 0 Å². The molecule has 0 aliphatic carbocycles. The zero-order valence-electron chi connectivity index (χ0n) is 9.92. The van der Waals surface area contributed by atoms with E-state index in [9.17, 15) is 35.1 Å². The van der Waals surface area contributed by atoms with E-state index in [1.165, 1.54) is 0 Å². The van der Waals surface area contributed by atoms with Crippen molar-refractivity contribution in [1.29, 1.82) is 0 Å². The lowest BCUT2D eigenvalue weighted by Gasteiger charge is -2.07. The molecule has 1 heterocycles. The number of aromatic nitrogens is 2. The number of hydrogen-bond acceptors (Lipinski definition) is 2. The van der Waals surface area contributed by atoms with Crippen molar-refractivity contribution in [2.45, 2.75) is 0 Å². The Hall–Kier alpha value is -2.52. The third kappa shape index (κ3) is 1.66. The normalized spacial score (nSPS) is 11.6. The molecule has 0 aliphatic rings. The van der Waals surface area contributed by atoms with Gasteiger partial charge in [0.2, 0.25) is 0 Å². The summed E-state index contributed by atoms with van der Waals surface area (Å²) in [4.78, 5) is 5.99. The monoisotopic (exact) mass is 324 g/mol. The lowest BCUT2D eigenvalue weighted by molar-refractivity contribution is 0.413. The number of hydrogen-bond donors (Lipinski definition) is 0. The average Bonchev–Trinajstić information content (AvgIpc) is 2.52. The summed E-state index contributed by atoms with van der Waals surface area (Å²) in [5.41, 5.74) is -5.19. The molecule has 10 heteroatoms. The number of fused-ring (bicyclic) bond motifs is 2. The SMILES string of the molecule is Fc1c(F)c(F)c2nc3c(F)c(F)c(F)c(F)c3nc2c1F. The Morgan fingerprint density at radius 1 is 0.318 bits per heavy atom. The maximum atomic E-state index is 13.5. The fraction of sp³-hybridized carbons (Fsp3) is 0. The summed E-state index contributed by atoms with van der Waals surface area (Å²) >= 11 is 0. The number of halogens is 8. The highest BCUT2D eigenvalue weighted by Gasteiger charge is 2.27. The molecule has 0 bridgehead atoms. The van der Waals surface area contributed by atoms with Gasteiger partial charge in [0.15, 0.2) is 46.5 Å². The Balaban J connectivity index is 2.64. The molecule has 0 unspecified atom stereocenters. The predicted octanol–water partition coefficient (Wildman–Crippen LogP) is 3.90. The Labute approximate surface area is 115 Å². The summed E-state index contributed by atoms with van der Waals surface area (Å²) in [7, 11) is 0. The first kappa shape index (κ1) is 14.4. The minimum Gasteiger partial charge on any atom is -0.238 e. The molecule has 0 spiro atoms. The van der Waals surface area contributed by atoms with Crippen molar-refractivity contribution in [1.82, 2.24) is 9.97 Å². The second kappa shape index (κ2) is 4.49. The molecule has 0 N–H and O–H groups in total. The van der Waals surface area contributed by atoms with Crippen LogP contribution in [0, 0.1) is 46.5 Å². The fourth-order valence-electron chi connectivity index (χ4n) is 1.85. The molecule has 0 atom stereocenters. The molecule has 1 aromatic heterocycles. The molecule has 2 aromatic carbocycles. The summed E-state index contributed by atoms with van der Waals surface area (Å²) < 4.78 is 106. The zero-order valence-corrected chi connectivity index (χ0v) is 9.92. The largest absolute Gasteiger partial charge is 0.238 e. The van der Waals surface area contributed by atoms with Gasteiger partial charge < -0.3 is 0 Å². The van der Waals surface area contributed by atoms with Gasteiger partial charge >= 0.3 is 0 Å². The van der Waals surface area contributed by atoms with Gasteiger partial charge in [0, 0.05) is 0 Å². The molecule has 0 aliphatic heterocycles. The van der Waals surface area contributed by atoms with Gasteiger partial charge in [0.05, 0.1) is 0 Å². The van der Waals surface area contributed by atoms with Crippen LogP contribution in [0.4, 0.5) is 35.1 Å². The highest BCUT2D eigenvalue weighted by Crippen LogP contribution is 2.29. The van der Waals surface area contributed by atoms with Crippen LogP contribution in [0.25, 0.3) is 22.1 Å². The van der Waals surface area contributed by atoms with Crippen LogP contribution in [0.3, 0.4) is 0 Å². The van der Waals surface area contributed by atoms with E-state index in [0.29, 0.717) is 0 Å². The van der Waals surface area contributed by atoms with Crippen molar-refractivity contribution in [3.05, 3.63) is 46.5 Å². The van der Waals surface area contributed by atoms with Crippen LogP contribution in [-0.2, 0) is 0 Å². The van der Waals surface area contributed by atoms with Gasteiger partial charge in [-0.15, -0.1) is 0 Å². The highest BCUT2D eigenvalue weighted by atomic mass is 19.2. The van der Waals surface area contributed by atoms with Gasteiger partial charge in [-0.05, 0) is 0 Å². The third-order valence-electron chi connectivity index (χ3n) is 2.88. The number of benzene rings is 2. The molecule has 22 heavy (non-hydrogen) atoms. The minimum absolute atomic E-state index is 1.30. The molecular weight excluding hydrogens is 324 g/mol. The van der Waals surface area contributed by atoms with Crippen LogP contribution in [0.15, 0.2) is 0 Å². The van der Waals surface area contributed by atoms with Gasteiger partial charge in [-0.25, -0.2) is 45.1 Å². The van der Waals surface area contributed by atoms with Crippen molar-refractivity contribution < 1.29 is 35.1 Å². The number of nitrogens with zero attached hydrogens (tertiary/aromatic N) is 2. The third-order valence-corrected chi connectivity index (χ3v) is 2.88. The first-order chi connectivity index (χ1) is 10.3. The molecular formula is C12F8N2. The van der Waals surface area contributed by atoms with E-state index in [-0.39, 0.29) is 0 Å². The second-order valence-electron chi connectivity index (χ2n) is 4.13. The predicted molar refractivity (Wildman–Crippen MR) is 56.7 cm³/mol. The van der Waals surface area contributed by atoms with E-state index in [1.54, 1.807) is 0 Å². The Morgan fingerprint density at radius 2 is 0.500 bits per heavy atom. The van der Waals surface area contributed by atoms with E-state index in [4.69, 9.17) is 0 Å². The van der Waals surface area contributed by atoms with Gasteiger partial charge in [0.1, 0.15) is 22.1 Å². The van der Waals surface area contributed by atoms with Crippen molar-refractivity contribution in [3.63, 3.8) is 0 Å². The van der Waals surface area contributed by atoms with E-state index in [0.717, 1.165) is 0 Å². The summed E-state index contributed by atoms with van der Waals surface area (Å²) in [6, 6.07) is 0. The molecule has 0 saturated heterocycles. The average molecular weight is 324 g/mol. The maximum absolute atomic E-state index is 13.5. The first-order valence-corrected chi connectivity index (χ1v) is 5.41. The summed E-state index contributed by atoms with van der Waals surface area (Å²) in [6.07, 6.45) is 0. The van der Waals surface area contributed by atoms with Gasteiger partial charge in [-0.1, -0.05) is 0 Å². The van der Waals surface area contributed by atoms with Crippen LogP contribution < -0.4 is 0 Å². The molecule has 0 fully saturated rings. The Kier molecular flexibility index (Phi) is 2.94. The summed E-state index contributed by atoms with van der Waals surface area (Å²) in [5, 5.41) is 0.